The van der Waals surface area contributed by atoms with Crippen LogP contribution < -0.4 is 5.32 Å². The predicted molar refractivity (Wildman–Crippen MR) is 70.3 cm³/mol. The molecule has 2 heterocycles. The monoisotopic (exact) mass is 264 g/mol. The number of aromatic nitrogens is 2. The Kier molecular flexibility index (Phi) is 4.19. The van der Waals surface area contributed by atoms with Gasteiger partial charge in [-0.3, -0.25) is 14.3 Å². The maximum Gasteiger partial charge on any atom is 0.242 e. The SMILES string of the molecule is CNC(=O)[C@@H]1CCCCN1C(=O)Cc1cnn(C)c1. The molecule has 1 aromatic heterocycles. The summed E-state index contributed by atoms with van der Waals surface area (Å²) >= 11 is 0. The van der Waals surface area contributed by atoms with Crippen LogP contribution in [0.3, 0.4) is 0 Å². The molecule has 0 unspecified atom stereocenters. The van der Waals surface area contributed by atoms with Gasteiger partial charge in [-0.2, -0.15) is 5.10 Å². The minimum Gasteiger partial charge on any atom is -0.357 e. The van der Waals surface area contributed by atoms with Crippen LogP contribution in [0.2, 0.25) is 0 Å². The number of carbonyl (C=O) groups excluding carboxylic acids is 2. The van der Waals surface area contributed by atoms with Gasteiger partial charge < -0.3 is 10.2 Å². The first-order valence-electron chi connectivity index (χ1n) is 6.60. The maximum absolute atomic E-state index is 12.3. The molecule has 1 aliphatic rings. The molecule has 6 heteroatoms. The highest BCUT2D eigenvalue weighted by Crippen LogP contribution is 2.18. The summed E-state index contributed by atoms with van der Waals surface area (Å²) < 4.78 is 1.68. The van der Waals surface area contributed by atoms with E-state index in [0.29, 0.717) is 13.0 Å². The summed E-state index contributed by atoms with van der Waals surface area (Å²) in [5, 5.41) is 6.69. The van der Waals surface area contributed by atoms with Gasteiger partial charge >= 0.3 is 0 Å². The number of aryl methyl sites for hydroxylation is 1. The zero-order chi connectivity index (χ0) is 13.8. The number of piperidine rings is 1. The van der Waals surface area contributed by atoms with E-state index < -0.39 is 0 Å². The molecule has 0 saturated carbocycles. The normalized spacial score (nSPS) is 19.3. The van der Waals surface area contributed by atoms with Gasteiger partial charge in [0.25, 0.3) is 0 Å². The van der Waals surface area contributed by atoms with Gasteiger partial charge in [-0.05, 0) is 24.8 Å². The second kappa shape index (κ2) is 5.86. The van der Waals surface area contributed by atoms with Gasteiger partial charge in [0, 0.05) is 26.8 Å². The minimum absolute atomic E-state index is 0.00120. The first kappa shape index (κ1) is 13.6. The summed E-state index contributed by atoms with van der Waals surface area (Å²) in [7, 11) is 3.43. The van der Waals surface area contributed by atoms with E-state index in [1.54, 1.807) is 22.8 Å². The third-order valence-electron chi connectivity index (χ3n) is 3.49. The summed E-state index contributed by atoms with van der Waals surface area (Å²) in [6, 6.07) is -0.317. The van der Waals surface area contributed by atoms with Gasteiger partial charge in [-0.25, -0.2) is 0 Å². The number of hydrogen-bond acceptors (Lipinski definition) is 3. The van der Waals surface area contributed by atoms with Crippen LogP contribution in [-0.4, -0.2) is 46.1 Å². The van der Waals surface area contributed by atoms with Gasteiger partial charge in [0.2, 0.25) is 11.8 Å². The fraction of sp³-hybridized carbons (Fsp3) is 0.615. The Balaban J connectivity index is 2.05. The molecule has 1 aromatic rings. The van der Waals surface area contributed by atoms with Crippen LogP contribution >= 0.6 is 0 Å². The van der Waals surface area contributed by atoms with Crippen molar-refractivity contribution in [2.75, 3.05) is 13.6 Å². The Labute approximate surface area is 112 Å². The lowest BCUT2D eigenvalue weighted by Crippen LogP contribution is -2.51. The van der Waals surface area contributed by atoms with Crippen molar-refractivity contribution in [3.05, 3.63) is 18.0 Å². The summed E-state index contributed by atoms with van der Waals surface area (Å²) in [4.78, 5) is 25.8. The van der Waals surface area contributed by atoms with Crippen LogP contribution in [0, 0.1) is 0 Å². The first-order chi connectivity index (χ1) is 9.11. The van der Waals surface area contributed by atoms with Crippen molar-refractivity contribution in [2.24, 2.45) is 7.05 Å². The van der Waals surface area contributed by atoms with Crippen LogP contribution in [-0.2, 0) is 23.1 Å². The molecular weight excluding hydrogens is 244 g/mol. The molecule has 1 fully saturated rings. The van der Waals surface area contributed by atoms with Crippen LogP contribution in [0.15, 0.2) is 12.4 Å². The lowest BCUT2D eigenvalue weighted by molar-refractivity contribution is -0.141. The van der Waals surface area contributed by atoms with Crippen LogP contribution in [0.5, 0.6) is 0 Å². The lowest BCUT2D eigenvalue weighted by atomic mass is 10.0. The van der Waals surface area contributed by atoms with Crippen molar-refractivity contribution in [3.63, 3.8) is 0 Å². The van der Waals surface area contributed by atoms with E-state index in [4.69, 9.17) is 0 Å². The quantitative estimate of drug-likeness (QED) is 0.841. The average Bonchev–Trinajstić information content (AvgIpc) is 2.83. The average molecular weight is 264 g/mol. The van der Waals surface area contributed by atoms with E-state index in [2.05, 4.69) is 10.4 Å². The number of nitrogens with one attached hydrogen (secondary N) is 1. The highest BCUT2D eigenvalue weighted by molar-refractivity contribution is 5.88. The number of nitrogens with zero attached hydrogens (tertiary/aromatic N) is 3. The summed E-state index contributed by atoms with van der Waals surface area (Å²) in [6.45, 7) is 0.664. The topological polar surface area (TPSA) is 67.2 Å². The molecule has 0 aromatic carbocycles. The standard InChI is InChI=1S/C13H20N4O2/c1-14-13(19)11-5-3-4-6-17(11)12(18)7-10-8-15-16(2)9-10/h8-9,11H,3-7H2,1-2H3,(H,14,19)/t11-/m0/s1. The predicted octanol–water partition coefficient (Wildman–Crippen LogP) is 0.0897. The third-order valence-corrected chi connectivity index (χ3v) is 3.49. The smallest absolute Gasteiger partial charge is 0.242 e. The van der Waals surface area contributed by atoms with Crippen LogP contribution in [0.25, 0.3) is 0 Å². The molecule has 6 nitrogen and oxygen atoms in total. The van der Waals surface area contributed by atoms with Gasteiger partial charge in [-0.15, -0.1) is 0 Å². The van der Waals surface area contributed by atoms with Crippen LogP contribution in [0.1, 0.15) is 24.8 Å². The molecule has 19 heavy (non-hydrogen) atoms. The Morgan fingerprint density at radius 1 is 1.47 bits per heavy atom. The number of carbonyl (C=O) groups is 2. The summed E-state index contributed by atoms with van der Waals surface area (Å²) in [6.07, 6.45) is 6.54. The molecule has 2 rings (SSSR count). The molecule has 1 N–H and O–H groups in total. The number of rotatable bonds is 3. The molecule has 1 aliphatic heterocycles. The Hall–Kier alpha value is -1.85. The second-order valence-electron chi connectivity index (χ2n) is 4.91. The third kappa shape index (κ3) is 3.13. The first-order valence-corrected chi connectivity index (χ1v) is 6.60. The second-order valence-corrected chi connectivity index (χ2v) is 4.91. The number of likely N-dealkylation sites (tertiary alicyclic amines) is 1. The lowest BCUT2D eigenvalue weighted by Gasteiger charge is -2.34. The molecule has 2 amide bonds. The molecule has 0 radical (unpaired) electrons. The van der Waals surface area contributed by atoms with E-state index in [1.807, 2.05) is 13.2 Å². The van der Waals surface area contributed by atoms with E-state index in [1.165, 1.54) is 0 Å². The Morgan fingerprint density at radius 2 is 2.26 bits per heavy atom. The molecule has 1 saturated heterocycles. The van der Waals surface area contributed by atoms with Gasteiger partial charge in [0.05, 0.1) is 12.6 Å². The summed E-state index contributed by atoms with van der Waals surface area (Å²) in [5.74, 6) is -0.0689. The number of likely N-dealkylation sites (N-methyl/N-ethyl adjacent to an activating group) is 1. The molecular formula is C13H20N4O2. The zero-order valence-corrected chi connectivity index (χ0v) is 11.4. The van der Waals surface area contributed by atoms with Crippen molar-refractivity contribution in [1.29, 1.82) is 0 Å². The fourth-order valence-corrected chi connectivity index (χ4v) is 2.51. The molecule has 1 atom stereocenters. The molecule has 0 aliphatic carbocycles. The highest BCUT2D eigenvalue weighted by atomic mass is 16.2. The van der Waals surface area contributed by atoms with E-state index in [-0.39, 0.29) is 17.9 Å². The van der Waals surface area contributed by atoms with Crippen molar-refractivity contribution < 1.29 is 9.59 Å². The van der Waals surface area contributed by atoms with Crippen molar-refractivity contribution in [2.45, 2.75) is 31.7 Å². The number of amides is 2. The van der Waals surface area contributed by atoms with Crippen molar-refractivity contribution in [1.82, 2.24) is 20.0 Å². The van der Waals surface area contributed by atoms with Crippen molar-refractivity contribution in [3.8, 4) is 0 Å². The minimum atomic E-state index is -0.317. The number of hydrogen-bond donors (Lipinski definition) is 1. The van der Waals surface area contributed by atoms with E-state index in [0.717, 1.165) is 24.8 Å². The van der Waals surface area contributed by atoms with Gasteiger partial charge in [0.1, 0.15) is 6.04 Å². The maximum atomic E-state index is 12.3. The zero-order valence-electron chi connectivity index (χ0n) is 11.4. The molecule has 0 bridgehead atoms. The molecule has 0 spiro atoms. The van der Waals surface area contributed by atoms with E-state index >= 15 is 0 Å². The van der Waals surface area contributed by atoms with Crippen molar-refractivity contribution >= 4 is 11.8 Å². The largest absolute Gasteiger partial charge is 0.357 e. The Morgan fingerprint density at radius 3 is 2.89 bits per heavy atom. The molecule has 104 valence electrons. The van der Waals surface area contributed by atoms with Gasteiger partial charge in [0.15, 0.2) is 0 Å². The Bertz CT molecular complexity index is 469. The highest BCUT2D eigenvalue weighted by Gasteiger charge is 2.31. The summed E-state index contributed by atoms with van der Waals surface area (Å²) in [5.41, 5.74) is 0.883. The van der Waals surface area contributed by atoms with Gasteiger partial charge in [-0.1, -0.05) is 0 Å². The fourth-order valence-electron chi connectivity index (χ4n) is 2.51. The van der Waals surface area contributed by atoms with Crippen LogP contribution in [0.4, 0.5) is 0 Å². The van der Waals surface area contributed by atoms with E-state index in [9.17, 15) is 9.59 Å².